The number of esters is 2. The van der Waals surface area contributed by atoms with E-state index in [1.54, 1.807) is 0 Å². The number of carbonyl (C=O) groups excluding carboxylic acids is 2. The molecular formula is C14H12BrFO5. The molecule has 0 unspecified atom stereocenters. The molecular weight excluding hydrogens is 347 g/mol. The van der Waals surface area contributed by atoms with E-state index < -0.39 is 23.5 Å². The van der Waals surface area contributed by atoms with E-state index in [0.717, 1.165) is 12.1 Å². The Morgan fingerprint density at radius 1 is 1.24 bits per heavy atom. The Balaban J connectivity index is 2.42. The molecule has 1 saturated heterocycles. The summed E-state index contributed by atoms with van der Waals surface area (Å²) >= 11 is 3.20. The third-order valence-electron chi connectivity index (χ3n) is 2.69. The average molecular weight is 359 g/mol. The number of hydrogen-bond acceptors (Lipinski definition) is 5. The monoisotopic (exact) mass is 358 g/mol. The van der Waals surface area contributed by atoms with E-state index in [0.29, 0.717) is 10.2 Å². The quantitative estimate of drug-likeness (QED) is 0.462. The lowest BCUT2D eigenvalue weighted by Gasteiger charge is -2.29. The standard InChI is InChI=1S/C14H12BrFO5/c1-14(2)20-12(17)8(13(18)21-14)4-7-5-9(15)11(19-3)6-10(7)16/h4-6H,1-3H3. The summed E-state index contributed by atoms with van der Waals surface area (Å²) in [4.78, 5) is 23.6. The SMILES string of the molecule is COc1cc(F)c(C=C2C(=O)OC(C)(C)OC2=O)cc1Br. The van der Waals surface area contributed by atoms with E-state index in [-0.39, 0.29) is 11.1 Å². The van der Waals surface area contributed by atoms with Crippen LogP contribution in [-0.4, -0.2) is 24.8 Å². The number of ether oxygens (including phenoxy) is 3. The molecule has 0 bridgehead atoms. The van der Waals surface area contributed by atoms with E-state index >= 15 is 0 Å². The Labute approximate surface area is 128 Å². The fourth-order valence-corrected chi connectivity index (χ4v) is 2.27. The van der Waals surface area contributed by atoms with Gasteiger partial charge in [-0.25, -0.2) is 14.0 Å². The highest BCUT2D eigenvalue weighted by Gasteiger charge is 2.39. The average Bonchev–Trinajstić information content (AvgIpc) is 2.36. The van der Waals surface area contributed by atoms with Crippen LogP contribution in [0.2, 0.25) is 0 Å². The number of carbonyl (C=O) groups is 2. The predicted molar refractivity (Wildman–Crippen MR) is 74.9 cm³/mol. The minimum atomic E-state index is -1.33. The first-order valence-corrected chi connectivity index (χ1v) is 6.74. The Morgan fingerprint density at radius 3 is 2.33 bits per heavy atom. The van der Waals surface area contributed by atoms with Gasteiger partial charge in [0.25, 0.3) is 5.79 Å². The molecule has 112 valence electrons. The van der Waals surface area contributed by atoms with Crippen LogP contribution in [0.15, 0.2) is 22.2 Å². The lowest BCUT2D eigenvalue weighted by atomic mass is 10.1. The van der Waals surface area contributed by atoms with Crippen LogP contribution in [0.3, 0.4) is 0 Å². The zero-order valence-corrected chi connectivity index (χ0v) is 13.1. The summed E-state index contributed by atoms with van der Waals surface area (Å²) in [6.45, 7) is 2.87. The third kappa shape index (κ3) is 3.24. The predicted octanol–water partition coefficient (Wildman–Crippen LogP) is 2.82. The topological polar surface area (TPSA) is 61.8 Å². The first kappa shape index (κ1) is 15.5. The normalized spacial score (nSPS) is 17.1. The summed E-state index contributed by atoms with van der Waals surface area (Å²) in [5.41, 5.74) is -0.337. The summed E-state index contributed by atoms with van der Waals surface area (Å²) in [6.07, 6.45) is 1.08. The third-order valence-corrected chi connectivity index (χ3v) is 3.31. The van der Waals surface area contributed by atoms with Gasteiger partial charge in [-0.2, -0.15) is 0 Å². The van der Waals surface area contributed by atoms with Gasteiger partial charge in [0, 0.05) is 25.5 Å². The van der Waals surface area contributed by atoms with Crippen molar-refractivity contribution in [3.63, 3.8) is 0 Å². The molecule has 1 aromatic rings. The van der Waals surface area contributed by atoms with Crippen LogP contribution in [0, 0.1) is 5.82 Å². The molecule has 2 rings (SSSR count). The van der Waals surface area contributed by atoms with Gasteiger partial charge in [0.15, 0.2) is 0 Å². The maximum Gasteiger partial charge on any atom is 0.348 e. The van der Waals surface area contributed by atoms with Gasteiger partial charge >= 0.3 is 11.9 Å². The second-order valence-corrected chi connectivity index (χ2v) is 5.60. The van der Waals surface area contributed by atoms with Crippen LogP contribution in [-0.2, 0) is 19.1 Å². The summed E-state index contributed by atoms with van der Waals surface area (Å²) in [7, 11) is 1.40. The van der Waals surface area contributed by atoms with Gasteiger partial charge in [0.05, 0.1) is 11.6 Å². The molecule has 0 N–H and O–H groups in total. The molecule has 0 aliphatic carbocycles. The maximum absolute atomic E-state index is 13.9. The Kier molecular flexibility index (Phi) is 4.04. The smallest absolute Gasteiger partial charge is 0.348 e. The Bertz CT molecular complexity index is 629. The molecule has 5 nitrogen and oxygen atoms in total. The van der Waals surface area contributed by atoms with Crippen LogP contribution < -0.4 is 4.74 Å². The number of benzene rings is 1. The number of halogens is 2. The van der Waals surface area contributed by atoms with Gasteiger partial charge in [0.2, 0.25) is 0 Å². The fourth-order valence-electron chi connectivity index (χ4n) is 1.74. The molecule has 1 fully saturated rings. The number of cyclic esters (lactones) is 2. The van der Waals surface area contributed by atoms with Crippen molar-refractivity contribution in [3.8, 4) is 5.75 Å². The molecule has 0 saturated carbocycles. The molecule has 0 aromatic heterocycles. The van der Waals surface area contributed by atoms with Gasteiger partial charge < -0.3 is 14.2 Å². The molecule has 21 heavy (non-hydrogen) atoms. The van der Waals surface area contributed by atoms with Crippen LogP contribution >= 0.6 is 15.9 Å². The number of methoxy groups -OCH3 is 1. The number of rotatable bonds is 2. The summed E-state index contributed by atoms with van der Waals surface area (Å²) in [6, 6.07) is 2.53. The van der Waals surface area contributed by atoms with Gasteiger partial charge in [-0.1, -0.05) is 0 Å². The summed E-state index contributed by atoms with van der Waals surface area (Å²) < 4.78 is 29.2. The fraction of sp³-hybridized carbons (Fsp3) is 0.286. The molecule has 1 aliphatic heterocycles. The Morgan fingerprint density at radius 2 is 1.81 bits per heavy atom. The minimum Gasteiger partial charge on any atom is -0.495 e. The van der Waals surface area contributed by atoms with E-state index in [1.165, 1.54) is 27.0 Å². The van der Waals surface area contributed by atoms with Crippen LogP contribution in [0.4, 0.5) is 4.39 Å². The molecule has 0 radical (unpaired) electrons. The van der Waals surface area contributed by atoms with Crippen molar-refractivity contribution < 1.29 is 28.2 Å². The number of hydrogen-bond donors (Lipinski definition) is 0. The van der Waals surface area contributed by atoms with Crippen LogP contribution in [0.1, 0.15) is 19.4 Å². The van der Waals surface area contributed by atoms with Crippen LogP contribution in [0.25, 0.3) is 6.08 Å². The summed E-state index contributed by atoms with van der Waals surface area (Å²) in [5, 5.41) is 0. The molecule has 1 aliphatic rings. The highest BCUT2D eigenvalue weighted by atomic mass is 79.9. The highest BCUT2D eigenvalue weighted by Crippen LogP contribution is 2.30. The lowest BCUT2D eigenvalue weighted by Crippen LogP contribution is -2.41. The zero-order valence-electron chi connectivity index (χ0n) is 11.5. The lowest BCUT2D eigenvalue weighted by molar-refractivity contribution is -0.222. The van der Waals surface area contributed by atoms with Crippen molar-refractivity contribution in [2.75, 3.05) is 7.11 Å². The zero-order chi connectivity index (χ0) is 15.8. The Hall–Kier alpha value is -1.89. The molecule has 0 spiro atoms. The highest BCUT2D eigenvalue weighted by molar-refractivity contribution is 9.10. The van der Waals surface area contributed by atoms with Crippen molar-refractivity contribution in [3.05, 3.63) is 33.6 Å². The van der Waals surface area contributed by atoms with Crippen molar-refractivity contribution >= 4 is 33.9 Å². The van der Waals surface area contributed by atoms with E-state index in [2.05, 4.69) is 15.9 Å². The van der Waals surface area contributed by atoms with Crippen molar-refractivity contribution in [1.82, 2.24) is 0 Å². The van der Waals surface area contributed by atoms with Crippen molar-refractivity contribution in [2.45, 2.75) is 19.6 Å². The van der Waals surface area contributed by atoms with Gasteiger partial charge in [-0.3, -0.25) is 0 Å². The minimum absolute atomic E-state index is 0.0336. The first-order chi connectivity index (χ1) is 9.73. The van der Waals surface area contributed by atoms with E-state index in [9.17, 15) is 14.0 Å². The van der Waals surface area contributed by atoms with Gasteiger partial charge in [-0.15, -0.1) is 0 Å². The molecule has 0 atom stereocenters. The summed E-state index contributed by atoms with van der Waals surface area (Å²) in [5.74, 6) is -3.40. The van der Waals surface area contributed by atoms with Gasteiger partial charge in [0.1, 0.15) is 17.1 Å². The van der Waals surface area contributed by atoms with E-state index in [1.807, 2.05) is 0 Å². The maximum atomic E-state index is 13.9. The molecule has 7 heteroatoms. The van der Waals surface area contributed by atoms with E-state index in [4.69, 9.17) is 14.2 Å². The molecule has 0 amide bonds. The molecule has 1 heterocycles. The molecule has 1 aromatic carbocycles. The van der Waals surface area contributed by atoms with Gasteiger partial charge in [-0.05, 0) is 28.1 Å². The first-order valence-electron chi connectivity index (χ1n) is 5.95. The van der Waals surface area contributed by atoms with Crippen LogP contribution in [0.5, 0.6) is 5.75 Å². The second-order valence-electron chi connectivity index (χ2n) is 4.75. The second kappa shape index (κ2) is 5.48. The van der Waals surface area contributed by atoms with Crippen molar-refractivity contribution in [2.24, 2.45) is 0 Å². The van der Waals surface area contributed by atoms with Crippen molar-refractivity contribution in [1.29, 1.82) is 0 Å². The largest absolute Gasteiger partial charge is 0.495 e.